The monoisotopic (exact) mass is 184 g/mol. The van der Waals surface area contributed by atoms with E-state index in [9.17, 15) is 4.79 Å². The third-order valence-corrected chi connectivity index (χ3v) is 2.62. The Morgan fingerprint density at radius 3 is 2.31 bits per heavy atom. The minimum absolute atomic E-state index is 0.322. The Labute approximate surface area is 79.6 Å². The molecule has 0 unspecified atom stereocenters. The summed E-state index contributed by atoms with van der Waals surface area (Å²) < 4.78 is 4.91. The molecule has 1 N–H and O–H groups in total. The highest BCUT2D eigenvalue weighted by atomic mass is 16.5. The maximum atomic E-state index is 11.5. The summed E-state index contributed by atoms with van der Waals surface area (Å²) in [6.45, 7) is 2.18. The van der Waals surface area contributed by atoms with Crippen molar-refractivity contribution in [3.63, 3.8) is 0 Å². The highest BCUT2D eigenvalue weighted by Gasteiger charge is 2.36. The third-order valence-electron chi connectivity index (χ3n) is 2.62. The van der Waals surface area contributed by atoms with Crippen molar-refractivity contribution in [3.8, 4) is 0 Å². The molecule has 0 aliphatic heterocycles. The highest BCUT2D eigenvalue weighted by Crippen LogP contribution is 2.27. The van der Waals surface area contributed by atoms with E-state index >= 15 is 0 Å². The second-order valence-electron chi connectivity index (χ2n) is 3.72. The molecule has 0 heterocycles. The molecule has 0 saturated heterocycles. The van der Waals surface area contributed by atoms with E-state index in [2.05, 4.69) is 0 Å². The maximum Gasteiger partial charge on any atom is 0.327 e. The topological polar surface area (TPSA) is 50.1 Å². The number of esters is 1. The van der Waals surface area contributed by atoms with Crippen LogP contribution in [-0.4, -0.2) is 18.1 Å². The van der Waals surface area contributed by atoms with Crippen LogP contribution in [0.4, 0.5) is 0 Å². The molecule has 1 rings (SSSR count). The Morgan fingerprint density at radius 2 is 1.85 bits per heavy atom. The van der Waals surface area contributed by atoms with Crippen molar-refractivity contribution in [2.24, 2.45) is 0 Å². The predicted octanol–water partition coefficient (Wildman–Crippen LogP) is 1.93. The fourth-order valence-electron chi connectivity index (χ4n) is 1.81. The second-order valence-corrected chi connectivity index (χ2v) is 3.72. The molecule has 1 fully saturated rings. The molecular formula is C10H18NO2. The lowest BCUT2D eigenvalue weighted by atomic mass is 9.92. The zero-order chi connectivity index (χ0) is 9.73. The minimum Gasteiger partial charge on any atom is -0.465 e. The molecule has 3 heteroatoms. The SMILES string of the molecule is CCOC(=O)C1([NH])CCCCCC1. The van der Waals surface area contributed by atoms with Crippen LogP contribution >= 0.6 is 0 Å². The molecule has 0 aromatic heterocycles. The Hall–Kier alpha value is -0.570. The Kier molecular flexibility index (Phi) is 3.72. The molecule has 0 bridgehead atoms. The molecule has 3 nitrogen and oxygen atoms in total. The van der Waals surface area contributed by atoms with Gasteiger partial charge in [-0.2, -0.15) is 0 Å². The average Bonchev–Trinajstić information content (AvgIpc) is 2.32. The quantitative estimate of drug-likeness (QED) is 0.486. The number of ether oxygens (including phenoxy) is 1. The first kappa shape index (κ1) is 10.5. The summed E-state index contributed by atoms with van der Waals surface area (Å²) in [4.78, 5) is 11.5. The van der Waals surface area contributed by atoms with E-state index in [1.165, 1.54) is 0 Å². The van der Waals surface area contributed by atoms with Gasteiger partial charge >= 0.3 is 5.97 Å². The number of carbonyl (C=O) groups is 1. The zero-order valence-corrected chi connectivity index (χ0v) is 8.27. The lowest BCUT2D eigenvalue weighted by molar-refractivity contribution is -0.150. The number of rotatable bonds is 2. The van der Waals surface area contributed by atoms with Gasteiger partial charge in [-0.1, -0.05) is 25.7 Å². The van der Waals surface area contributed by atoms with E-state index in [-0.39, 0.29) is 5.97 Å². The molecule has 75 valence electrons. The third kappa shape index (κ3) is 2.69. The molecule has 0 aromatic carbocycles. The van der Waals surface area contributed by atoms with Crippen LogP contribution in [0.1, 0.15) is 45.4 Å². The minimum atomic E-state index is -0.938. The van der Waals surface area contributed by atoms with Crippen LogP contribution in [0, 0.1) is 0 Å². The maximum absolute atomic E-state index is 11.5. The summed E-state index contributed by atoms with van der Waals surface area (Å²) in [6, 6.07) is 0. The van der Waals surface area contributed by atoms with Crippen LogP contribution in [0.2, 0.25) is 0 Å². The molecule has 0 amide bonds. The number of nitrogens with one attached hydrogen (secondary N) is 1. The Bertz CT molecular complexity index is 172. The first-order valence-electron chi connectivity index (χ1n) is 5.11. The second kappa shape index (κ2) is 4.61. The number of hydrogen-bond acceptors (Lipinski definition) is 2. The van der Waals surface area contributed by atoms with Crippen LogP contribution in [0.3, 0.4) is 0 Å². The van der Waals surface area contributed by atoms with E-state index in [0.29, 0.717) is 19.4 Å². The van der Waals surface area contributed by atoms with Gasteiger partial charge in [0, 0.05) is 0 Å². The Balaban J connectivity index is 2.55. The number of hydrogen-bond donors (Lipinski definition) is 0. The predicted molar refractivity (Wildman–Crippen MR) is 50.2 cm³/mol. The van der Waals surface area contributed by atoms with Gasteiger partial charge in [-0.25, -0.2) is 10.5 Å². The molecule has 0 spiro atoms. The van der Waals surface area contributed by atoms with Gasteiger partial charge in [0.05, 0.1) is 6.61 Å². The highest BCUT2D eigenvalue weighted by molar-refractivity contribution is 5.80. The van der Waals surface area contributed by atoms with Crippen molar-refractivity contribution in [2.75, 3.05) is 6.61 Å². The van der Waals surface area contributed by atoms with Gasteiger partial charge in [-0.05, 0) is 19.8 Å². The summed E-state index contributed by atoms with van der Waals surface area (Å²) in [5.41, 5.74) is 7.06. The van der Waals surface area contributed by atoms with Gasteiger partial charge in [0.2, 0.25) is 0 Å². The Morgan fingerprint density at radius 1 is 1.31 bits per heavy atom. The first-order valence-corrected chi connectivity index (χ1v) is 5.11. The molecule has 1 saturated carbocycles. The largest absolute Gasteiger partial charge is 0.465 e. The molecule has 13 heavy (non-hydrogen) atoms. The average molecular weight is 184 g/mol. The van der Waals surface area contributed by atoms with Gasteiger partial charge in [-0.15, -0.1) is 0 Å². The summed E-state index contributed by atoms with van der Waals surface area (Å²) >= 11 is 0. The lowest BCUT2D eigenvalue weighted by Gasteiger charge is -2.23. The lowest BCUT2D eigenvalue weighted by Crippen LogP contribution is -2.41. The first-order chi connectivity index (χ1) is 6.19. The van der Waals surface area contributed by atoms with Crippen molar-refractivity contribution in [2.45, 2.75) is 51.0 Å². The van der Waals surface area contributed by atoms with E-state index in [1.807, 2.05) is 0 Å². The van der Waals surface area contributed by atoms with E-state index in [1.54, 1.807) is 6.92 Å². The van der Waals surface area contributed by atoms with Crippen molar-refractivity contribution in [3.05, 3.63) is 0 Å². The van der Waals surface area contributed by atoms with Crippen LogP contribution in [-0.2, 0) is 9.53 Å². The molecule has 1 radical (unpaired) electrons. The van der Waals surface area contributed by atoms with Crippen molar-refractivity contribution in [1.82, 2.24) is 5.73 Å². The summed E-state index contributed by atoms with van der Waals surface area (Å²) in [6.07, 6.45) is 5.63. The van der Waals surface area contributed by atoms with Crippen LogP contribution in [0.5, 0.6) is 0 Å². The fourth-order valence-corrected chi connectivity index (χ4v) is 1.81. The van der Waals surface area contributed by atoms with E-state index < -0.39 is 5.54 Å². The normalized spacial score (nSPS) is 22.0. The van der Waals surface area contributed by atoms with E-state index in [0.717, 1.165) is 25.7 Å². The molecule has 1 aliphatic rings. The molecule has 1 aliphatic carbocycles. The van der Waals surface area contributed by atoms with Gasteiger partial charge in [-0.3, -0.25) is 0 Å². The van der Waals surface area contributed by atoms with Crippen molar-refractivity contribution >= 4 is 5.97 Å². The van der Waals surface area contributed by atoms with Crippen LogP contribution in [0.15, 0.2) is 0 Å². The van der Waals surface area contributed by atoms with Crippen molar-refractivity contribution < 1.29 is 9.53 Å². The molecule has 0 aromatic rings. The standard InChI is InChI=1S/C10H18NO2/c1-2-13-9(12)10(11)7-5-3-4-6-8-10/h11H,2-8H2,1H3. The zero-order valence-electron chi connectivity index (χ0n) is 8.27. The molecule has 0 atom stereocenters. The van der Waals surface area contributed by atoms with Gasteiger partial charge in [0.25, 0.3) is 0 Å². The van der Waals surface area contributed by atoms with Crippen LogP contribution < -0.4 is 5.73 Å². The smallest absolute Gasteiger partial charge is 0.327 e. The molecular weight excluding hydrogens is 166 g/mol. The van der Waals surface area contributed by atoms with E-state index in [4.69, 9.17) is 10.5 Å². The van der Waals surface area contributed by atoms with Crippen LogP contribution in [0.25, 0.3) is 0 Å². The van der Waals surface area contributed by atoms with Gasteiger partial charge < -0.3 is 4.74 Å². The van der Waals surface area contributed by atoms with Gasteiger partial charge in [0.1, 0.15) is 5.54 Å². The van der Waals surface area contributed by atoms with Gasteiger partial charge in [0.15, 0.2) is 0 Å². The number of carbonyl (C=O) groups excluding carboxylic acids is 1. The summed E-state index contributed by atoms with van der Waals surface area (Å²) in [5, 5.41) is 0. The van der Waals surface area contributed by atoms with Crippen molar-refractivity contribution in [1.29, 1.82) is 0 Å². The summed E-state index contributed by atoms with van der Waals surface area (Å²) in [7, 11) is 0. The summed E-state index contributed by atoms with van der Waals surface area (Å²) in [5.74, 6) is -0.322. The fraction of sp³-hybridized carbons (Fsp3) is 0.900.